The number of rotatable bonds is 4. The Kier molecular flexibility index (Phi) is 5.19. The summed E-state index contributed by atoms with van der Waals surface area (Å²) in [6.07, 6.45) is 0. The fraction of sp³-hybridized carbons (Fsp3) is 0.150. The summed E-state index contributed by atoms with van der Waals surface area (Å²) in [4.78, 5) is 4.72. The summed E-state index contributed by atoms with van der Waals surface area (Å²) >= 11 is 14.0. The van der Waals surface area contributed by atoms with E-state index in [1.54, 1.807) is 0 Å². The predicted molar refractivity (Wildman–Crippen MR) is 115 cm³/mol. The largest absolute Gasteiger partial charge is 0.283 e. The van der Waals surface area contributed by atoms with Crippen LogP contribution in [0.1, 0.15) is 16.8 Å². The summed E-state index contributed by atoms with van der Waals surface area (Å²) in [6.45, 7) is 3.84. The van der Waals surface area contributed by atoms with Crippen molar-refractivity contribution in [2.45, 2.75) is 24.8 Å². The molecule has 8 heteroatoms. The lowest BCUT2D eigenvalue weighted by molar-refractivity contribution is 0.786. The summed E-state index contributed by atoms with van der Waals surface area (Å²) in [5, 5.41) is 18.8. The van der Waals surface area contributed by atoms with Crippen LogP contribution in [0.4, 0.5) is 0 Å². The van der Waals surface area contributed by atoms with E-state index in [-0.39, 0.29) is 0 Å². The van der Waals surface area contributed by atoms with E-state index in [1.807, 2.05) is 60.9 Å². The van der Waals surface area contributed by atoms with Crippen molar-refractivity contribution in [1.82, 2.24) is 19.7 Å². The molecule has 0 aliphatic heterocycles. The zero-order valence-corrected chi connectivity index (χ0v) is 17.6. The van der Waals surface area contributed by atoms with Crippen molar-refractivity contribution >= 4 is 46.0 Å². The maximum Gasteiger partial charge on any atom is 0.187 e. The van der Waals surface area contributed by atoms with Gasteiger partial charge in [0.2, 0.25) is 0 Å². The third-order valence-corrected chi connectivity index (χ3v) is 6.28. The lowest BCUT2D eigenvalue weighted by Gasteiger charge is -2.14. The third kappa shape index (κ3) is 3.43. The summed E-state index contributed by atoms with van der Waals surface area (Å²) in [5.74, 6) is 0.633. The molecular formula is C20H17Cl2N5S. The Morgan fingerprint density at radius 2 is 1.89 bits per heavy atom. The lowest BCUT2D eigenvalue weighted by atomic mass is 10.2. The summed E-state index contributed by atoms with van der Waals surface area (Å²) in [6, 6.07) is 13.4. The molecule has 0 aliphatic carbocycles. The van der Waals surface area contributed by atoms with E-state index in [1.165, 1.54) is 11.8 Å². The van der Waals surface area contributed by atoms with Gasteiger partial charge in [0.05, 0.1) is 5.39 Å². The average molecular weight is 430 g/mol. The molecule has 4 rings (SSSR count). The number of nitrogens with one attached hydrogen (secondary N) is 2. The van der Waals surface area contributed by atoms with Gasteiger partial charge in [0.1, 0.15) is 5.49 Å². The molecule has 2 heterocycles. The van der Waals surface area contributed by atoms with Crippen LogP contribution >= 0.6 is 35.0 Å². The van der Waals surface area contributed by atoms with E-state index in [9.17, 15) is 0 Å². The maximum absolute atomic E-state index is 8.82. The number of hydrogen-bond acceptors (Lipinski definition) is 4. The minimum Gasteiger partial charge on any atom is -0.283 e. The van der Waals surface area contributed by atoms with E-state index < -0.39 is 0 Å². The second kappa shape index (κ2) is 7.62. The van der Waals surface area contributed by atoms with Crippen LogP contribution in [-0.4, -0.2) is 19.7 Å². The highest BCUT2D eigenvalue weighted by molar-refractivity contribution is 7.98. The minimum absolute atomic E-state index is 0.333. The maximum atomic E-state index is 8.82. The molecule has 0 fully saturated rings. The molecule has 0 spiro atoms. The van der Waals surface area contributed by atoms with Crippen molar-refractivity contribution in [3.05, 3.63) is 74.8 Å². The van der Waals surface area contributed by atoms with Crippen molar-refractivity contribution in [3.8, 4) is 5.69 Å². The molecule has 0 unspecified atom stereocenters. The van der Waals surface area contributed by atoms with Gasteiger partial charge in [-0.1, -0.05) is 53.2 Å². The second-order valence-electron chi connectivity index (χ2n) is 6.44. The van der Waals surface area contributed by atoms with Crippen LogP contribution < -0.4 is 5.49 Å². The Hall–Kier alpha value is -2.28. The minimum atomic E-state index is 0.333. The van der Waals surface area contributed by atoms with Crippen LogP contribution in [-0.2, 0) is 5.75 Å². The van der Waals surface area contributed by atoms with Gasteiger partial charge in [-0.05, 0) is 49.2 Å². The number of thioether (sulfide) groups is 1. The van der Waals surface area contributed by atoms with E-state index in [2.05, 4.69) is 10.2 Å². The fourth-order valence-electron chi connectivity index (χ4n) is 2.99. The zero-order valence-electron chi connectivity index (χ0n) is 15.3. The van der Waals surface area contributed by atoms with Gasteiger partial charge in [0.25, 0.3) is 0 Å². The first kappa shape index (κ1) is 19.1. The number of hydrogen-bond donors (Lipinski definition) is 2. The van der Waals surface area contributed by atoms with Crippen LogP contribution in [0, 0.1) is 19.3 Å². The molecular weight excluding hydrogens is 413 g/mol. The quantitative estimate of drug-likeness (QED) is 0.334. The third-order valence-electron chi connectivity index (χ3n) is 4.50. The number of halogens is 2. The molecule has 2 aromatic carbocycles. The highest BCUT2D eigenvalue weighted by atomic mass is 35.5. The van der Waals surface area contributed by atoms with E-state index in [4.69, 9.17) is 33.6 Å². The molecule has 142 valence electrons. The number of aromatic amines is 1. The molecule has 0 atom stereocenters. The van der Waals surface area contributed by atoms with Crippen LogP contribution in [0.2, 0.25) is 10.0 Å². The molecule has 0 saturated carbocycles. The van der Waals surface area contributed by atoms with E-state index in [0.29, 0.717) is 37.5 Å². The molecule has 2 N–H and O–H groups in total. The molecule has 28 heavy (non-hydrogen) atoms. The van der Waals surface area contributed by atoms with Crippen molar-refractivity contribution < 1.29 is 0 Å². The Balaban J connectivity index is 1.87. The first-order valence-electron chi connectivity index (χ1n) is 8.60. The number of benzene rings is 2. The fourth-order valence-corrected chi connectivity index (χ4v) is 4.40. The Labute approximate surface area is 176 Å². The number of fused-ring (bicyclic) bond motifs is 1. The molecule has 5 nitrogen and oxygen atoms in total. The predicted octanol–water partition coefficient (Wildman–Crippen LogP) is 5.44. The van der Waals surface area contributed by atoms with Gasteiger partial charge in [-0.15, -0.1) is 0 Å². The van der Waals surface area contributed by atoms with Crippen LogP contribution in [0.25, 0.3) is 16.7 Å². The Bertz CT molecular complexity index is 1250. The molecule has 0 bridgehead atoms. The highest BCUT2D eigenvalue weighted by Crippen LogP contribution is 2.28. The van der Waals surface area contributed by atoms with Gasteiger partial charge < -0.3 is 0 Å². The van der Waals surface area contributed by atoms with Crippen LogP contribution in [0.15, 0.2) is 47.6 Å². The molecule has 0 saturated heterocycles. The van der Waals surface area contributed by atoms with Crippen LogP contribution in [0.5, 0.6) is 0 Å². The standard InChI is InChI=1S/C20H17Cl2N5S/c1-11-9-14(7-8-15(11)21)27-18(23)17-12(2)25-26-19(17)24-20(27)28-10-13-5-3-4-6-16(13)22/h3-9,23H,10H2,1-2H3,(H,25,26). The molecule has 4 aromatic rings. The van der Waals surface area contributed by atoms with Crippen molar-refractivity contribution in [3.63, 3.8) is 0 Å². The number of H-pyrrole nitrogens is 1. The number of aromatic nitrogens is 4. The topological polar surface area (TPSA) is 70.3 Å². The monoisotopic (exact) mass is 429 g/mol. The van der Waals surface area contributed by atoms with E-state index >= 15 is 0 Å². The lowest BCUT2D eigenvalue weighted by Crippen LogP contribution is -2.22. The van der Waals surface area contributed by atoms with Gasteiger partial charge in [-0.25, -0.2) is 4.98 Å². The molecule has 0 aliphatic rings. The molecule has 0 amide bonds. The summed E-state index contributed by atoms with van der Waals surface area (Å²) in [7, 11) is 0. The van der Waals surface area contributed by atoms with E-state index in [0.717, 1.165) is 22.5 Å². The average Bonchev–Trinajstić information content (AvgIpc) is 3.05. The summed E-state index contributed by atoms with van der Waals surface area (Å²) < 4.78 is 1.83. The van der Waals surface area contributed by atoms with Crippen LogP contribution in [0.3, 0.4) is 0 Å². The van der Waals surface area contributed by atoms with Gasteiger partial charge in [-0.2, -0.15) is 5.10 Å². The smallest absolute Gasteiger partial charge is 0.187 e. The normalized spacial score (nSPS) is 11.3. The number of aryl methyl sites for hydroxylation is 2. The first-order valence-corrected chi connectivity index (χ1v) is 10.3. The molecule has 2 aromatic heterocycles. The Morgan fingerprint density at radius 1 is 1.11 bits per heavy atom. The zero-order chi connectivity index (χ0) is 19.8. The van der Waals surface area contributed by atoms with Gasteiger partial charge in [0, 0.05) is 27.2 Å². The van der Waals surface area contributed by atoms with Crippen molar-refractivity contribution in [2.24, 2.45) is 0 Å². The van der Waals surface area contributed by atoms with Gasteiger partial charge in [0.15, 0.2) is 10.8 Å². The van der Waals surface area contributed by atoms with Crippen molar-refractivity contribution in [1.29, 1.82) is 5.41 Å². The summed E-state index contributed by atoms with van der Waals surface area (Å²) in [5.41, 5.74) is 4.47. The number of nitrogens with zero attached hydrogens (tertiary/aromatic N) is 3. The highest BCUT2D eigenvalue weighted by Gasteiger charge is 2.16. The first-order chi connectivity index (χ1) is 13.5. The van der Waals surface area contributed by atoms with Gasteiger partial charge >= 0.3 is 0 Å². The van der Waals surface area contributed by atoms with Crippen molar-refractivity contribution in [2.75, 3.05) is 0 Å². The Morgan fingerprint density at radius 3 is 2.64 bits per heavy atom. The SMILES string of the molecule is Cc1cc(-n2c(SCc3ccccc3Cl)nc3n[nH]c(C)c3c2=N)ccc1Cl. The second-order valence-corrected chi connectivity index (χ2v) is 8.20. The van der Waals surface area contributed by atoms with Gasteiger partial charge in [-0.3, -0.25) is 15.1 Å². The molecule has 0 radical (unpaired) electrons.